The summed E-state index contributed by atoms with van der Waals surface area (Å²) in [6.07, 6.45) is 0. The molecule has 0 aliphatic carbocycles. The molecule has 0 amide bonds. The third kappa shape index (κ3) is 3.79. The Morgan fingerprint density at radius 3 is 2.67 bits per heavy atom. The van der Waals surface area contributed by atoms with Crippen molar-refractivity contribution in [3.63, 3.8) is 0 Å². The maximum Gasteiger partial charge on any atom is 0.219 e. The quantitative estimate of drug-likeness (QED) is 0.596. The summed E-state index contributed by atoms with van der Waals surface area (Å²) >= 11 is 3.51. The van der Waals surface area contributed by atoms with E-state index in [9.17, 15) is 0 Å². The summed E-state index contributed by atoms with van der Waals surface area (Å²) in [7, 11) is 0. The number of halogens is 1. The Labute approximate surface area is 149 Å². The highest BCUT2D eigenvalue weighted by Crippen LogP contribution is 2.33. The number of anilines is 1. The van der Waals surface area contributed by atoms with Gasteiger partial charge in [0.15, 0.2) is 0 Å². The Kier molecular flexibility index (Phi) is 5.20. The lowest BCUT2D eigenvalue weighted by Crippen LogP contribution is -1.96. The highest BCUT2D eigenvalue weighted by molar-refractivity contribution is 9.10. The maximum atomic E-state index is 5.90. The number of fused-ring (bicyclic) bond motifs is 1. The van der Waals surface area contributed by atoms with Crippen molar-refractivity contribution < 1.29 is 9.47 Å². The summed E-state index contributed by atoms with van der Waals surface area (Å²) in [5, 5.41) is 4.38. The predicted molar refractivity (Wildman–Crippen MR) is 101 cm³/mol. The van der Waals surface area contributed by atoms with Crippen molar-refractivity contribution in [2.24, 2.45) is 0 Å². The molecule has 0 fully saturated rings. The zero-order valence-corrected chi connectivity index (χ0v) is 15.3. The van der Waals surface area contributed by atoms with Crippen LogP contribution in [0.1, 0.15) is 13.8 Å². The SMILES string of the molecule is CCNc1ccc2nc(Oc3ccc(OCC)cc3Br)ccc2c1. The molecule has 2 aromatic carbocycles. The zero-order chi connectivity index (χ0) is 16.9. The van der Waals surface area contributed by atoms with Crippen LogP contribution < -0.4 is 14.8 Å². The van der Waals surface area contributed by atoms with Crippen LogP contribution in [-0.4, -0.2) is 18.1 Å². The molecule has 5 heteroatoms. The van der Waals surface area contributed by atoms with E-state index in [4.69, 9.17) is 9.47 Å². The second kappa shape index (κ2) is 7.53. The first-order valence-electron chi connectivity index (χ1n) is 7.94. The second-order valence-electron chi connectivity index (χ2n) is 5.21. The van der Waals surface area contributed by atoms with Crippen LogP contribution >= 0.6 is 15.9 Å². The summed E-state index contributed by atoms with van der Waals surface area (Å²) in [4.78, 5) is 4.57. The molecule has 0 saturated carbocycles. The van der Waals surface area contributed by atoms with Gasteiger partial charge in [-0.05, 0) is 72.2 Å². The van der Waals surface area contributed by atoms with E-state index >= 15 is 0 Å². The van der Waals surface area contributed by atoms with Gasteiger partial charge in [0.25, 0.3) is 0 Å². The Morgan fingerprint density at radius 2 is 1.92 bits per heavy atom. The van der Waals surface area contributed by atoms with Crippen LogP contribution in [0.4, 0.5) is 5.69 Å². The number of ether oxygens (including phenoxy) is 2. The van der Waals surface area contributed by atoms with Gasteiger partial charge < -0.3 is 14.8 Å². The lowest BCUT2D eigenvalue weighted by atomic mass is 10.2. The Balaban J connectivity index is 1.83. The summed E-state index contributed by atoms with van der Waals surface area (Å²) in [5.41, 5.74) is 1.99. The van der Waals surface area contributed by atoms with Crippen molar-refractivity contribution in [2.45, 2.75) is 13.8 Å². The van der Waals surface area contributed by atoms with Crippen LogP contribution in [0, 0.1) is 0 Å². The lowest BCUT2D eigenvalue weighted by molar-refractivity contribution is 0.339. The first-order chi connectivity index (χ1) is 11.7. The first kappa shape index (κ1) is 16.6. The van der Waals surface area contributed by atoms with Crippen LogP contribution in [0.2, 0.25) is 0 Å². The van der Waals surface area contributed by atoms with E-state index in [1.165, 1.54) is 0 Å². The zero-order valence-electron chi connectivity index (χ0n) is 13.7. The average Bonchev–Trinajstić information content (AvgIpc) is 2.58. The van der Waals surface area contributed by atoms with Gasteiger partial charge in [0.2, 0.25) is 5.88 Å². The van der Waals surface area contributed by atoms with Gasteiger partial charge in [-0.3, -0.25) is 0 Å². The fraction of sp³-hybridized carbons (Fsp3) is 0.211. The van der Waals surface area contributed by atoms with Crippen molar-refractivity contribution >= 4 is 32.5 Å². The average molecular weight is 387 g/mol. The molecule has 3 aromatic rings. The topological polar surface area (TPSA) is 43.4 Å². The van der Waals surface area contributed by atoms with Crippen molar-refractivity contribution in [1.82, 2.24) is 4.98 Å². The molecule has 3 rings (SSSR count). The fourth-order valence-corrected chi connectivity index (χ4v) is 2.85. The Hall–Kier alpha value is -2.27. The van der Waals surface area contributed by atoms with Gasteiger partial charge in [0.1, 0.15) is 11.5 Å². The number of nitrogens with one attached hydrogen (secondary N) is 1. The summed E-state index contributed by atoms with van der Waals surface area (Å²) in [5.74, 6) is 2.07. The molecule has 124 valence electrons. The van der Waals surface area contributed by atoms with Gasteiger partial charge in [-0.25, -0.2) is 4.98 Å². The van der Waals surface area contributed by atoms with Crippen molar-refractivity contribution in [3.8, 4) is 17.4 Å². The molecule has 0 bridgehead atoms. The van der Waals surface area contributed by atoms with Crippen molar-refractivity contribution in [1.29, 1.82) is 0 Å². The number of pyridine rings is 1. The standard InChI is InChI=1S/C19H19BrN2O2/c1-3-21-14-6-8-17-13(11-14)5-10-19(22-17)24-18-9-7-15(23-4-2)12-16(18)20/h5-12,21H,3-4H2,1-2H3. The lowest BCUT2D eigenvalue weighted by Gasteiger charge is -2.10. The molecule has 0 unspecified atom stereocenters. The number of hydrogen-bond donors (Lipinski definition) is 1. The normalized spacial score (nSPS) is 10.6. The molecule has 0 saturated heterocycles. The van der Waals surface area contributed by atoms with E-state index < -0.39 is 0 Å². The smallest absolute Gasteiger partial charge is 0.219 e. The molecule has 24 heavy (non-hydrogen) atoms. The van der Waals surface area contributed by atoms with Crippen LogP contribution in [0.5, 0.6) is 17.4 Å². The fourth-order valence-electron chi connectivity index (χ4n) is 2.41. The van der Waals surface area contributed by atoms with Gasteiger partial charge in [0, 0.05) is 23.7 Å². The van der Waals surface area contributed by atoms with Crippen LogP contribution in [0.25, 0.3) is 10.9 Å². The molecule has 4 nitrogen and oxygen atoms in total. The number of nitrogens with zero attached hydrogens (tertiary/aromatic N) is 1. The minimum absolute atomic E-state index is 0.559. The molecule has 0 aliphatic heterocycles. The van der Waals surface area contributed by atoms with Gasteiger partial charge in [0.05, 0.1) is 16.6 Å². The molecule has 0 spiro atoms. The first-order valence-corrected chi connectivity index (χ1v) is 8.73. The van der Waals surface area contributed by atoms with Crippen molar-refractivity contribution in [2.75, 3.05) is 18.5 Å². The third-order valence-corrected chi connectivity index (χ3v) is 4.09. The van der Waals surface area contributed by atoms with Crippen LogP contribution in [0.3, 0.4) is 0 Å². The maximum absolute atomic E-state index is 5.90. The minimum atomic E-state index is 0.559. The van der Waals surface area contributed by atoms with E-state index in [2.05, 4.69) is 39.2 Å². The van der Waals surface area contributed by atoms with E-state index in [-0.39, 0.29) is 0 Å². The van der Waals surface area contributed by atoms with Gasteiger partial charge >= 0.3 is 0 Å². The molecule has 0 radical (unpaired) electrons. The second-order valence-corrected chi connectivity index (χ2v) is 6.07. The van der Waals surface area contributed by atoms with Gasteiger partial charge in [-0.1, -0.05) is 0 Å². The molecule has 0 aliphatic rings. The minimum Gasteiger partial charge on any atom is -0.494 e. The van der Waals surface area contributed by atoms with Gasteiger partial charge in [-0.15, -0.1) is 0 Å². The summed E-state index contributed by atoms with van der Waals surface area (Å²) in [6, 6.07) is 15.6. The van der Waals surface area contributed by atoms with Crippen LogP contribution in [-0.2, 0) is 0 Å². The number of aromatic nitrogens is 1. The van der Waals surface area contributed by atoms with E-state index in [1.807, 2.05) is 49.4 Å². The number of hydrogen-bond acceptors (Lipinski definition) is 4. The predicted octanol–water partition coefficient (Wildman–Crippen LogP) is 5.62. The monoisotopic (exact) mass is 386 g/mol. The molecular formula is C19H19BrN2O2. The molecular weight excluding hydrogens is 368 g/mol. The molecule has 1 heterocycles. The number of rotatable bonds is 6. The highest BCUT2D eigenvalue weighted by Gasteiger charge is 2.07. The Bertz CT molecular complexity index is 852. The summed E-state index contributed by atoms with van der Waals surface area (Å²) in [6.45, 7) is 5.56. The van der Waals surface area contributed by atoms with Gasteiger partial charge in [-0.2, -0.15) is 0 Å². The van der Waals surface area contributed by atoms with E-state index in [0.29, 0.717) is 18.2 Å². The molecule has 1 N–H and O–H groups in total. The Morgan fingerprint density at radius 1 is 1.04 bits per heavy atom. The van der Waals surface area contributed by atoms with E-state index in [0.717, 1.165) is 33.4 Å². The van der Waals surface area contributed by atoms with Crippen molar-refractivity contribution in [3.05, 3.63) is 53.0 Å². The van der Waals surface area contributed by atoms with Crippen LogP contribution in [0.15, 0.2) is 53.0 Å². The summed E-state index contributed by atoms with van der Waals surface area (Å²) < 4.78 is 12.2. The largest absolute Gasteiger partial charge is 0.494 e. The highest BCUT2D eigenvalue weighted by atomic mass is 79.9. The molecule has 0 atom stereocenters. The molecule has 1 aromatic heterocycles. The number of benzene rings is 2. The van der Waals surface area contributed by atoms with E-state index in [1.54, 1.807) is 0 Å². The third-order valence-electron chi connectivity index (χ3n) is 3.47.